The monoisotopic (exact) mass is 494 g/mol. The normalized spacial score (nSPS) is 21.3. The first-order chi connectivity index (χ1) is 16.9. The summed E-state index contributed by atoms with van der Waals surface area (Å²) in [5, 5.41) is 0.752. The summed E-state index contributed by atoms with van der Waals surface area (Å²) in [7, 11) is -3.84. The van der Waals surface area contributed by atoms with E-state index in [1.165, 1.54) is 6.07 Å². The lowest BCUT2D eigenvalue weighted by Gasteiger charge is -2.40. The Bertz CT molecular complexity index is 1300. The second kappa shape index (κ2) is 9.93. The van der Waals surface area contributed by atoms with Crippen LogP contribution >= 0.6 is 0 Å². The number of fused-ring (bicyclic) bond motifs is 1. The molecule has 0 aliphatic carbocycles. The largest absolute Gasteiger partial charge is 0.381 e. The number of piperazine rings is 1. The lowest BCUT2D eigenvalue weighted by Crippen LogP contribution is -2.54. The molecule has 2 aliphatic heterocycles. The van der Waals surface area contributed by atoms with Gasteiger partial charge in [-0.3, -0.25) is 19.4 Å². The SMILES string of the molecule is C[C@H]1CN(CC2CCOC2)CCN1C(=O)c1ccc(NS(=O)(=O)c2cccc3cccnc23)cc1. The van der Waals surface area contributed by atoms with Crippen molar-refractivity contribution < 1.29 is 17.9 Å². The third-order valence-corrected chi connectivity index (χ3v) is 8.20. The van der Waals surface area contributed by atoms with E-state index in [4.69, 9.17) is 4.74 Å². The highest BCUT2D eigenvalue weighted by Gasteiger charge is 2.30. The maximum atomic E-state index is 13.2. The summed E-state index contributed by atoms with van der Waals surface area (Å²) in [4.78, 5) is 21.9. The van der Waals surface area contributed by atoms with Crippen LogP contribution in [-0.2, 0) is 14.8 Å². The molecule has 2 aromatic carbocycles. The van der Waals surface area contributed by atoms with Crippen molar-refractivity contribution in [2.45, 2.75) is 24.3 Å². The zero-order valence-electron chi connectivity index (χ0n) is 19.8. The summed E-state index contributed by atoms with van der Waals surface area (Å²) in [6.45, 7) is 7.16. The fourth-order valence-corrected chi connectivity index (χ4v) is 6.18. The number of nitrogens with zero attached hydrogens (tertiary/aromatic N) is 3. The predicted octanol–water partition coefficient (Wildman–Crippen LogP) is 3.22. The van der Waals surface area contributed by atoms with Crippen LogP contribution < -0.4 is 4.72 Å². The first-order valence-corrected chi connectivity index (χ1v) is 13.5. The molecule has 1 N–H and O–H groups in total. The number of aromatic nitrogens is 1. The number of benzene rings is 2. The molecule has 3 heterocycles. The summed E-state index contributed by atoms with van der Waals surface area (Å²) in [5.74, 6) is 0.555. The Balaban J connectivity index is 1.24. The predicted molar refractivity (Wildman–Crippen MR) is 135 cm³/mol. The molecule has 2 atom stereocenters. The van der Waals surface area contributed by atoms with E-state index in [0.29, 0.717) is 29.2 Å². The van der Waals surface area contributed by atoms with Crippen LogP contribution in [0.3, 0.4) is 0 Å². The van der Waals surface area contributed by atoms with Gasteiger partial charge in [-0.25, -0.2) is 8.42 Å². The van der Waals surface area contributed by atoms with Crippen molar-refractivity contribution in [2.24, 2.45) is 5.92 Å². The first kappa shape index (κ1) is 23.7. The van der Waals surface area contributed by atoms with Crippen LogP contribution in [0, 0.1) is 5.92 Å². The van der Waals surface area contributed by atoms with Gasteiger partial charge in [0.05, 0.1) is 12.1 Å². The second-order valence-electron chi connectivity index (χ2n) is 9.35. The number of anilines is 1. The molecule has 184 valence electrons. The van der Waals surface area contributed by atoms with Crippen molar-refractivity contribution in [1.82, 2.24) is 14.8 Å². The van der Waals surface area contributed by atoms with E-state index in [2.05, 4.69) is 21.5 Å². The molecule has 1 unspecified atom stereocenters. The number of sulfonamides is 1. The molecule has 1 amide bonds. The molecule has 2 fully saturated rings. The highest BCUT2D eigenvalue weighted by Crippen LogP contribution is 2.24. The molecule has 0 radical (unpaired) electrons. The number of carbonyl (C=O) groups is 1. The van der Waals surface area contributed by atoms with Crippen LogP contribution in [0.2, 0.25) is 0 Å². The summed E-state index contributed by atoms with van der Waals surface area (Å²) in [6, 6.07) is 15.4. The highest BCUT2D eigenvalue weighted by molar-refractivity contribution is 7.93. The van der Waals surface area contributed by atoms with Gasteiger partial charge in [-0.15, -0.1) is 0 Å². The minimum absolute atomic E-state index is 0.0333. The minimum Gasteiger partial charge on any atom is -0.381 e. The number of carbonyl (C=O) groups excluding carboxylic acids is 1. The fourth-order valence-electron chi connectivity index (χ4n) is 4.94. The molecule has 0 spiro atoms. The Hall–Kier alpha value is -3.01. The van der Waals surface area contributed by atoms with E-state index in [9.17, 15) is 13.2 Å². The van der Waals surface area contributed by atoms with Gasteiger partial charge in [0.2, 0.25) is 0 Å². The topological polar surface area (TPSA) is 91.8 Å². The van der Waals surface area contributed by atoms with E-state index in [1.807, 2.05) is 17.0 Å². The number of para-hydroxylation sites is 1. The van der Waals surface area contributed by atoms with Crippen LogP contribution in [0.5, 0.6) is 0 Å². The van der Waals surface area contributed by atoms with Crippen molar-refractivity contribution in [3.63, 3.8) is 0 Å². The Kier molecular flexibility index (Phi) is 6.73. The molecular formula is C26H30N4O4S. The standard InChI is InChI=1S/C26H30N4O4S/c1-19-16-29(17-20-11-15-34-18-20)13-14-30(19)26(31)22-7-9-23(10-8-22)28-35(32,33)24-6-2-4-21-5-3-12-27-25(21)24/h2-10,12,19-20,28H,11,13-18H2,1H3/t19-,20?/m0/s1. The highest BCUT2D eigenvalue weighted by atomic mass is 32.2. The van der Waals surface area contributed by atoms with Gasteiger partial charge in [0.1, 0.15) is 4.90 Å². The number of rotatable bonds is 6. The summed E-state index contributed by atoms with van der Waals surface area (Å²) in [6.07, 6.45) is 2.69. The van der Waals surface area contributed by atoms with Crippen LogP contribution in [0.4, 0.5) is 5.69 Å². The van der Waals surface area contributed by atoms with Crippen molar-refractivity contribution in [3.05, 3.63) is 66.4 Å². The molecule has 0 bridgehead atoms. The molecule has 9 heteroatoms. The molecule has 8 nitrogen and oxygen atoms in total. The fraction of sp³-hybridized carbons (Fsp3) is 0.385. The number of amides is 1. The zero-order chi connectivity index (χ0) is 24.4. The molecule has 5 rings (SSSR count). The van der Waals surface area contributed by atoms with Gasteiger partial charge in [-0.05, 0) is 55.7 Å². The van der Waals surface area contributed by atoms with Gasteiger partial charge in [-0.2, -0.15) is 0 Å². The van der Waals surface area contributed by atoms with Crippen molar-refractivity contribution in [3.8, 4) is 0 Å². The van der Waals surface area contributed by atoms with Crippen LogP contribution in [0.1, 0.15) is 23.7 Å². The van der Waals surface area contributed by atoms with E-state index >= 15 is 0 Å². The van der Waals surface area contributed by atoms with E-state index in [0.717, 1.165) is 44.7 Å². The number of hydrogen-bond donors (Lipinski definition) is 1. The summed E-state index contributed by atoms with van der Waals surface area (Å²) in [5.41, 5.74) is 1.36. The number of ether oxygens (including phenoxy) is 1. The zero-order valence-corrected chi connectivity index (χ0v) is 20.6. The van der Waals surface area contributed by atoms with E-state index in [-0.39, 0.29) is 16.8 Å². The number of pyridine rings is 1. The van der Waals surface area contributed by atoms with Gasteiger partial charge in [-0.1, -0.05) is 18.2 Å². The average Bonchev–Trinajstić information content (AvgIpc) is 3.37. The summed E-state index contributed by atoms with van der Waals surface area (Å²) >= 11 is 0. The quantitative estimate of drug-likeness (QED) is 0.566. The Labute approximate surface area is 205 Å². The van der Waals surface area contributed by atoms with Gasteiger partial charge < -0.3 is 9.64 Å². The number of nitrogens with one attached hydrogen (secondary N) is 1. The average molecular weight is 495 g/mol. The van der Waals surface area contributed by atoms with Crippen LogP contribution in [0.15, 0.2) is 65.7 Å². The maximum absolute atomic E-state index is 13.2. The first-order valence-electron chi connectivity index (χ1n) is 12.0. The number of hydrogen-bond acceptors (Lipinski definition) is 6. The van der Waals surface area contributed by atoms with Crippen molar-refractivity contribution in [1.29, 1.82) is 0 Å². The molecule has 2 saturated heterocycles. The van der Waals surface area contributed by atoms with Crippen LogP contribution in [0.25, 0.3) is 10.9 Å². The van der Waals surface area contributed by atoms with Gasteiger partial charge in [0.25, 0.3) is 15.9 Å². The van der Waals surface area contributed by atoms with Gasteiger partial charge in [0.15, 0.2) is 0 Å². The Morgan fingerprint density at radius 3 is 2.66 bits per heavy atom. The minimum atomic E-state index is -3.84. The smallest absolute Gasteiger partial charge is 0.264 e. The third kappa shape index (κ3) is 5.17. The van der Waals surface area contributed by atoms with Crippen LogP contribution in [-0.4, -0.2) is 74.5 Å². The van der Waals surface area contributed by atoms with Gasteiger partial charge in [0, 0.05) is 61.7 Å². The third-order valence-electron chi connectivity index (χ3n) is 6.78. The molecule has 2 aliphatic rings. The van der Waals surface area contributed by atoms with Crippen molar-refractivity contribution in [2.75, 3.05) is 44.1 Å². The van der Waals surface area contributed by atoms with Gasteiger partial charge >= 0.3 is 0 Å². The summed E-state index contributed by atoms with van der Waals surface area (Å²) < 4.78 is 34.2. The lowest BCUT2D eigenvalue weighted by atomic mass is 10.1. The second-order valence-corrected chi connectivity index (χ2v) is 11.0. The van der Waals surface area contributed by atoms with Crippen molar-refractivity contribution >= 4 is 32.5 Å². The Morgan fingerprint density at radius 1 is 1.11 bits per heavy atom. The molecule has 35 heavy (non-hydrogen) atoms. The molecule has 3 aromatic rings. The lowest BCUT2D eigenvalue weighted by molar-refractivity contribution is 0.0452. The van der Waals surface area contributed by atoms with E-state index < -0.39 is 10.0 Å². The molecular weight excluding hydrogens is 464 g/mol. The van der Waals surface area contributed by atoms with E-state index in [1.54, 1.807) is 42.6 Å². The molecule has 1 aromatic heterocycles. The maximum Gasteiger partial charge on any atom is 0.264 e. The molecule has 0 saturated carbocycles. The Morgan fingerprint density at radius 2 is 1.91 bits per heavy atom.